The van der Waals surface area contributed by atoms with Crippen molar-refractivity contribution in [3.8, 4) is 0 Å². The summed E-state index contributed by atoms with van der Waals surface area (Å²) in [6.45, 7) is 0. The summed E-state index contributed by atoms with van der Waals surface area (Å²) in [5.41, 5.74) is 1.30. The van der Waals surface area contributed by atoms with Crippen LogP contribution < -0.4 is 0 Å². The molecule has 0 fully saturated rings. The van der Waals surface area contributed by atoms with Crippen LogP contribution in [0, 0.1) is 0 Å². The Morgan fingerprint density at radius 3 is 1.71 bits per heavy atom. The molecule has 0 aliphatic heterocycles. The van der Waals surface area contributed by atoms with Crippen LogP contribution >= 0.6 is 0 Å². The van der Waals surface area contributed by atoms with E-state index in [2.05, 4.69) is 4.98 Å². The van der Waals surface area contributed by atoms with Crippen LogP contribution in [0.1, 0.15) is 12.0 Å². The Hall–Kier alpha value is -2.03. The van der Waals surface area contributed by atoms with Crippen molar-refractivity contribution < 1.29 is 8.78 Å². The van der Waals surface area contributed by atoms with E-state index in [4.69, 9.17) is 0 Å². The number of aromatic nitrogens is 1. The molecule has 3 rings (SSSR count). The summed E-state index contributed by atoms with van der Waals surface area (Å²) in [5.74, 6) is 0. The monoisotopic (exact) mass is 229 g/mol. The molecule has 0 aliphatic rings. The van der Waals surface area contributed by atoms with Gasteiger partial charge in [0.05, 0.1) is 11.0 Å². The average Bonchev–Trinajstić information content (AvgIpc) is 2.35. The van der Waals surface area contributed by atoms with Crippen molar-refractivity contribution in [2.45, 2.75) is 6.43 Å². The predicted octanol–water partition coefficient (Wildman–Crippen LogP) is 4.33. The number of fused-ring (bicyclic) bond motifs is 2. The maximum Gasteiger partial charge on any atom is 0.265 e. The van der Waals surface area contributed by atoms with E-state index in [1.807, 2.05) is 0 Å². The third kappa shape index (κ3) is 1.55. The lowest BCUT2D eigenvalue weighted by Crippen LogP contribution is -1.92. The molecule has 1 aromatic heterocycles. The van der Waals surface area contributed by atoms with E-state index in [0.717, 1.165) is 0 Å². The van der Waals surface area contributed by atoms with E-state index in [9.17, 15) is 8.78 Å². The normalized spacial score (nSPS) is 11.5. The van der Waals surface area contributed by atoms with Crippen LogP contribution in [-0.2, 0) is 0 Å². The Labute approximate surface area is 96.7 Å². The number of rotatable bonds is 1. The molecule has 3 aromatic rings. The number of hydrogen-bond acceptors (Lipinski definition) is 1. The third-order valence-corrected chi connectivity index (χ3v) is 2.85. The Morgan fingerprint density at radius 1 is 0.765 bits per heavy atom. The zero-order chi connectivity index (χ0) is 11.8. The first-order valence-electron chi connectivity index (χ1n) is 5.33. The number of para-hydroxylation sites is 2. The van der Waals surface area contributed by atoms with Crippen LogP contribution in [0.25, 0.3) is 21.8 Å². The smallest absolute Gasteiger partial charge is 0.248 e. The summed E-state index contributed by atoms with van der Waals surface area (Å²) in [5, 5.41) is 1.06. The van der Waals surface area contributed by atoms with Gasteiger partial charge < -0.3 is 0 Å². The molecule has 1 nitrogen and oxygen atoms in total. The third-order valence-electron chi connectivity index (χ3n) is 2.85. The zero-order valence-corrected chi connectivity index (χ0v) is 8.90. The van der Waals surface area contributed by atoms with E-state index in [1.54, 1.807) is 48.5 Å². The minimum absolute atomic E-state index is 0.0752. The molecule has 0 amide bonds. The van der Waals surface area contributed by atoms with Gasteiger partial charge in [0.1, 0.15) is 0 Å². The number of pyridine rings is 1. The fourth-order valence-corrected chi connectivity index (χ4v) is 2.11. The van der Waals surface area contributed by atoms with Crippen LogP contribution in [0.15, 0.2) is 48.5 Å². The molecule has 0 saturated heterocycles. The quantitative estimate of drug-likeness (QED) is 0.566. The van der Waals surface area contributed by atoms with E-state index in [-0.39, 0.29) is 5.56 Å². The molecular formula is C14H9F2N. The second kappa shape index (κ2) is 3.77. The Bertz CT molecular complexity index is 638. The van der Waals surface area contributed by atoms with Crippen LogP contribution in [0.4, 0.5) is 8.78 Å². The highest BCUT2D eigenvalue weighted by Crippen LogP contribution is 2.33. The molecule has 0 spiro atoms. The zero-order valence-electron chi connectivity index (χ0n) is 8.90. The minimum Gasteiger partial charge on any atom is -0.248 e. The molecule has 2 aromatic carbocycles. The molecular weight excluding hydrogens is 220 g/mol. The van der Waals surface area contributed by atoms with Crippen molar-refractivity contribution >= 4 is 21.8 Å². The summed E-state index contributed by atoms with van der Waals surface area (Å²) in [6, 6.07) is 14.0. The van der Waals surface area contributed by atoms with Crippen molar-refractivity contribution in [2.75, 3.05) is 0 Å². The molecule has 0 bridgehead atoms. The minimum atomic E-state index is -2.49. The fourth-order valence-electron chi connectivity index (χ4n) is 2.11. The first-order valence-corrected chi connectivity index (χ1v) is 5.33. The van der Waals surface area contributed by atoms with Crippen molar-refractivity contribution in [2.24, 2.45) is 0 Å². The van der Waals surface area contributed by atoms with Crippen molar-refractivity contribution in [1.29, 1.82) is 0 Å². The van der Waals surface area contributed by atoms with Gasteiger partial charge in [-0.05, 0) is 12.1 Å². The summed E-state index contributed by atoms with van der Waals surface area (Å²) in [7, 11) is 0. The lowest BCUT2D eigenvalue weighted by Gasteiger charge is -2.09. The number of halogens is 2. The molecule has 0 atom stereocenters. The molecule has 84 valence electrons. The van der Waals surface area contributed by atoms with E-state index in [1.165, 1.54) is 0 Å². The topological polar surface area (TPSA) is 12.9 Å². The van der Waals surface area contributed by atoms with Gasteiger partial charge in [-0.25, -0.2) is 13.8 Å². The Morgan fingerprint density at radius 2 is 1.24 bits per heavy atom. The highest BCUT2D eigenvalue weighted by atomic mass is 19.3. The van der Waals surface area contributed by atoms with E-state index >= 15 is 0 Å². The predicted molar refractivity (Wildman–Crippen MR) is 64.2 cm³/mol. The lowest BCUT2D eigenvalue weighted by atomic mass is 10.0. The Kier molecular flexibility index (Phi) is 2.25. The lowest BCUT2D eigenvalue weighted by molar-refractivity contribution is 0.155. The highest BCUT2D eigenvalue weighted by Gasteiger charge is 2.16. The van der Waals surface area contributed by atoms with Crippen molar-refractivity contribution in [1.82, 2.24) is 4.98 Å². The molecule has 1 heterocycles. The van der Waals surface area contributed by atoms with Gasteiger partial charge in [0.15, 0.2) is 0 Å². The van der Waals surface area contributed by atoms with Crippen LogP contribution in [-0.4, -0.2) is 4.98 Å². The number of alkyl halides is 2. The summed E-state index contributed by atoms with van der Waals surface area (Å²) >= 11 is 0. The molecule has 0 radical (unpaired) electrons. The maximum atomic E-state index is 13.2. The van der Waals surface area contributed by atoms with Crippen LogP contribution in [0.3, 0.4) is 0 Å². The van der Waals surface area contributed by atoms with Crippen LogP contribution in [0.5, 0.6) is 0 Å². The molecule has 0 saturated carbocycles. The number of hydrogen-bond donors (Lipinski definition) is 0. The fraction of sp³-hybridized carbons (Fsp3) is 0.0714. The second-order valence-electron chi connectivity index (χ2n) is 3.86. The van der Waals surface area contributed by atoms with Gasteiger partial charge in [-0.15, -0.1) is 0 Å². The van der Waals surface area contributed by atoms with Crippen LogP contribution in [0.2, 0.25) is 0 Å². The molecule has 0 N–H and O–H groups in total. The van der Waals surface area contributed by atoms with Gasteiger partial charge in [-0.1, -0.05) is 36.4 Å². The highest BCUT2D eigenvalue weighted by molar-refractivity contribution is 5.97. The van der Waals surface area contributed by atoms with Gasteiger partial charge in [0, 0.05) is 16.3 Å². The van der Waals surface area contributed by atoms with Gasteiger partial charge in [-0.3, -0.25) is 0 Å². The van der Waals surface area contributed by atoms with Crippen molar-refractivity contribution in [3.05, 3.63) is 54.1 Å². The largest absolute Gasteiger partial charge is 0.265 e. The maximum absolute atomic E-state index is 13.2. The summed E-state index contributed by atoms with van der Waals surface area (Å²) in [4.78, 5) is 4.39. The summed E-state index contributed by atoms with van der Waals surface area (Å²) < 4.78 is 26.4. The Balaban J connectivity index is 2.56. The molecule has 0 aliphatic carbocycles. The molecule has 0 unspecified atom stereocenters. The van der Waals surface area contributed by atoms with Gasteiger partial charge in [0.2, 0.25) is 0 Å². The number of benzene rings is 2. The van der Waals surface area contributed by atoms with Crippen molar-refractivity contribution in [3.63, 3.8) is 0 Å². The molecule has 3 heteroatoms. The van der Waals surface area contributed by atoms with Gasteiger partial charge >= 0.3 is 0 Å². The van der Waals surface area contributed by atoms with E-state index < -0.39 is 6.43 Å². The first kappa shape index (κ1) is 10.1. The summed E-state index contributed by atoms with van der Waals surface area (Å²) in [6.07, 6.45) is -2.49. The second-order valence-corrected chi connectivity index (χ2v) is 3.86. The van der Waals surface area contributed by atoms with Gasteiger partial charge in [0.25, 0.3) is 6.43 Å². The number of nitrogens with zero attached hydrogens (tertiary/aromatic N) is 1. The van der Waals surface area contributed by atoms with Gasteiger partial charge in [-0.2, -0.15) is 0 Å². The SMILES string of the molecule is FC(F)c1c2ccccc2nc2ccccc12. The first-order chi connectivity index (χ1) is 8.27. The standard InChI is InChI=1S/C14H9F2N/c15-14(16)13-9-5-1-3-7-11(9)17-12-8-4-2-6-10(12)13/h1-8,14H. The van der Waals surface area contributed by atoms with E-state index in [0.29, 0.717) is 21.8 Å². The average molecular weight is 229 g/mol. The molecule has 17 heavy (non-hydrogen) atoms.